The lowest BCUT2D eigenvalue weighted by Crippen LogP contribution is -2.13. The molecule has 1 heterocycles. The highest BCUT2D eigenvalue weighted by Crippen LogP contribution is 2.25. The number of nitrogens with one attached hydrogen (secondary N) is 1. The average molecular weight is 308 g/mol. The fraction of sp³-hybridized carbons (Fsp3) is 0.111. The lowest BCUT2D eigenvalue weighted by atomic mass is 10.3. The first-order chi connectivity index (χ1) is 7.11. The van der Waals surface area contributed by atoms with Crippen LogP contribution in [0.2, 0.25) is 10.0 Å². The molecule has 0 atom stereocenters. The number of hydrogen-bond donors (Lipinski definition) is 1. The van der Waals surface area contributed by atoms with Crippen LogP contribution in [0.4, 0.5) is 0 Å². The predicted octanol–water partition coefficient (Wildman–Crippen LogP) is 3.12. The Morgan fingerprint density at radius 3 is 2.67 bits per heavy atom. The molecular formula is C9H5BrCl2N2O. The van der Waals surface area contributed by atoms with Crippen molar-refractivity contribution in [2.45, 2.75) is 5.33 Å². The molecule has 0 aliphatic heterocycles. The van der Waals surface area contributed by atoms with Crippen molar-refractivity contribution in [2.24, 2.45) is 0 Å². The molecule has 0 saturated heterocycles. The van der Waals surface area contributed by atoms with Gasteiger partial charge in [0.15, 0.2) is 0 Å². The maximum atomic E-state index is 11.4. The van der Waals surface area contributed by atoms with Gasteiger partial charge in [-0.3, -0.25) is 4.79 Å². The third-order valence-electron chi connectivity index (χ3n) is 1.93. The van der Waals surface area contributed by atoms with Crippen molar-refractivity contribution >= 4 is 50.2 Å². The van der Waals surface area contributed by atoms with Gasteiger partial charge in [0, 0.05) is 0 Å². The fourth-order valence-corrected chi connectivity index (χ4v) is 1.91. The van der Waals surface area contributed by atoms with Crippen LogP contribution in [0.25, 0.3) is 11.0 Å². The van der Waals surface area contributed by atoms with Gasteiger partial charge in [-0.15, -0.1) is 0 Å². The summed E-state index contributed by atoms with van der Waals surface area (Å²) in [6.07, 6.45) is 0. The molecule has 0 bridgehead atoms. The van der Waals surface area contributed by atoms with E-state index in [1.807, 2.05) is 0 Å². The molecule has 1 aromatic carbocycles. The van der Waals surface area contributed by atoms with Crippen molar-refractivity contribution in [1.29, 1.82) is 0 Å². The highest BCUT2D eigenvalue weighted by atomic mass is 79.9. The third-order valence-corrected chi connectivity index (χ3v) is 3.18. The van der Waals surface area contributed by atoms with Crippen molar-refractivity contribution in [3.8, 4) is 0 Å². The minimum atomic E-state index is -0.224. The highest BCUT2D eigenvalue weighted by Gasteiger charge is 2.06. The van der Waals surface area contributed by atoms with Crippen LogP contribution in [0.1, 0.15) is 5.69 Å². The number of aromatic nitrogens is 2. The van der Waals surface area contributed by atoms with E-state index in [0.29, 0.717) is 32.1 Å². The Kier molecular flexibility index (Phi) is 3.00. The van der Waals surface area contributed by atoms with Crippen LogP contribution in [-0.2, 0) is 5.33 Å². The molecule has 0 fully saturated rings. The van der Waals surface area contributed by atoms with E-state index in [-0.39, 0.29) is 5.56 Å². The number of H-pyrrole nitrogens is 1. The van der Waals surface area contributed by atoms with Gasteiger partial charge >= 0.3 is 0 Å². The van der Waals surface area contributed by atoms with Crippen LogP contribution < -0.4 is 5.56 Å². The molecule has 78 valence electrons. The smallest absolute Gasteiger partial charge is 0.271 e. The molecule has 0 amide bonds. The zero-order chi connectivity index (χ0) is 11.0. The van der Waals surface area contributed by atoms with Crippen LogP contribution >= 0.6 is 39.1 Å². The summed E-state index contributed by atoms with van der Waals surface area (Å²) >= 11 is 14.9. The van der Waals surface area contributed by atoms with E-state index in [9.17, 15) is 4.79 Å². The van der Waals surface area contributed by atoms with Crippen molar-refractivity contribution in [2.75, 3.05) is 0 Å². The summed E-state index contributed by atoms with van der Waals surface area (Å²) in [4.78, 5) is 18.3. The Balaban J connectivity index is 2.82. The van der Waals surface area contributed by atoms with Gasteiger partial charge in [0.2, 0.25) is 0 Å². The van der Waals surface area contributed by atoms with Gasteiger partial charge in [0.1, 0.15) is 5.69 Å². The molecule has 0 saturated carbocycles. The Bertz CT molecular complexity index is 582. The van der Waals surface area contributed by atoms with E-state index >= 15 is 0 Å². The lowest BCUT2D eigenvalue weighted by molar-refractivity contribution is 1.11. The Hall–Kier alpha value is -0.580. The summed E-state index contributed by atoms with van der Waals surface area (Å²) in [5, 5.41) is 1.22. The summed E-state index contributed by atoms with van der Waals surface area (Å²) in [6.45, 7) is 0. The number of benzene rings is 1. The maximum absolute atomic E-state index is 11.4. The fourth-order valence-electron chi connectivity index (χ4n) is 1.21. The molecule has 15 heavy (non-hydrogen) atoms. The zero-order valence-corrected chi connectivity index (χ0v) is 10.4. The van der Waals surface area contributed by atoms with Gasteiger partial charge in [-0.1, -0.05) is 39.1 Å². The van der Waals surface area contributed by atoms with Gasteiger partial charge < -0.3 is 4.98 Å². The molecule has 2 aromatic rings. The molecule has 0 unspecified atom stereocenters. The SMILES string of the molecule is O=c1[nH]c2cc(Cl)c(Cl)cc2nc1CBr. The van der Waals surface area contributed by atoms with E-state index in [1.54, 1.807) is 12.1 Å². The van der Waals surface area contributed by atoms with Crippen LogP contribution in [0.3, 0.4) is 0 Å². The summed E-state index contributed by atoms with van der Waals surface area (Å²) in [7, 11) is 0. The Morgan fingerprint density at radius 1 is 1.33 bits per heavy atom. The van der Waals surface area contributed by atoms with E-state index in [1.165, 1.54) is 0 Å². The molecular weight excluding hydrogens is 303 g/mol. The minimum absolute atomic E-state index is 0.224. The second-order valence-electron chi connectivity index (χ2n) is 2.93. The van der Waals surface area contributed by atoms with Gasteiger partial charge in [0.05, 0.1) is 26.4 Å². The van der Waals surface area contributed by atoms with Crippen LogP contribution in [-0.4, -0.2) is 9.97 Å². The number of halogens is 3. The van der Waals surface area contributed by atoms with Crippen molar-refractivity contribution < 1.29 is 0 Å². The van der Waals surface area contributed by atoms with Gasteiger partial charge in [-0.05, 0) is 12.1 Å². The summed E-state index contributed by atoms with van der Waals surface area (Å²) < 4.78 is 0. The summed E-state index contributed by atoms with van der Waals surface area (Å²) in [5.74, 6) is 0. The normalized spacial score (nSPS) is 10.9. The number of alkyl halides is 1. The molecule has 0 spiro atoms. The van der Waals surface area contributed by atoms with Crippen molar-refractivity contribution in [3.63, 3.8) is 0 Å². The maximum Gasteiger partial charge on any atom is 0.271 e. The molecule has 0 aliphatic carbocycles. The Labute approximate surface area is 104 Å². The Morgan fingerprint density at radius 2 is 2.00 bits per heavy atom. The van der Waals surface area contributed by atoms with Gasteiger partial charge in [-0.25, -0.2) is 4.98 Å². The number of hydrogen-bond acceptors (Lipinski definition) is 2. The van der Waals surface area contributed by atoms with Gasteiger partial charge in [0.25, 0.3) is 5.56 Å². The van der Waals surface area contributed by atoms with Crippen LogP contribution in [0, 0.1) is 0 Å². The molecule has 1 N–H and O–H groups in total. The number of aromatic amines is 1. The molecule has 3 nitrogen and oxygen atoms in total. The van der Waals surface area contributed by atoms with E-state index in [0.717, 1.165) is 0 Å². The third kappa shape index (κ3) is 2.02. The molecule has 1 aromatic heterocycles. The van der Waals surface area contributed by atoms with Crippen LogP contribution in [0.5, 0.6) is 0 Å². The monoisotopic (exact) mass is 306 g/mol. The van der Waals surface area contributed by atoms with E-state index < -0.39 is 0 Å². The predicted molar refractivity (Wildman–Crippen MR) is 65.0 cm³/mol. The van der Waals surface area contributed by atoms with E-state index in [2.05, 4.69) is 25.9 Å². The quantitative estimate of drug-likeness (QED) is 0.823. The lowest BCUT2D eigenvalue weighted by Gasteiger charge is -2.01. The number of rotatable bonds is 1. The molecule has 6 heteroatoms. The molecule has 0 radical (unpaired) electrons. The molecule has 0 aliphatic rings. The second kappa shape index (κ2) is 4.12. The number of fused-ring (bicyclic) bond motifs is 1. The largest absolute Gasteiger partial charge is 0.319 e. The summed E-state index contributed by atoms with van der Waals surface area (Å²) in [5.41, 5.74) is 1.40. The molecule has 2 rings (SSSR count). The first-order valence-corrected chi connectivity index (χ1v) is 5.93. The minimum Gasteiger partial charge on any atom is -0.319 e. The van der Waals surface area contributed by atoms with Crippen LogP contribution in [0.15, 0.2) is 16.9 Å². The topological polar surface area (TPSA) is 45.8 Å². The van der Waals surface area contributed by atoms with Crippen molar-refractivity contribution in [1.82, 2.24) is 9.97 Å². The highest BCUT2D eigenvalue weighted by molar-refractivity contribution is 9.08. The first-order valence-electron chi connectivity index (χ1n) is 4.05. The zero-order valence-electron chi connectivity index (χ0n) is 7.35. The standard InChI is InChI=1S/C9H5BrCl2N2O/c10-3-8-9(15)14-7-2-5(12)4(11)1-6(7)13-8/h1-2H,3H2,(H,14,15). The number of nitrogens with zero attached hydrogens (tertiary/aromatic N) is 1. The average Bonchev–Trinajstić information content (AvgIpc) is 2.20. The second-order valence-corrected chi connectivity index (χ2v) is 4.30. The summed E-state index contributed by atoms with van der Waals surface area (Å²) in [6, 6.07) is 3.22. The van der Waals surface area contributed by atoms with Crippen molar-refractivity contribution in [3.05, 3.63) is 38.2 Å². The van der Waals surface area contributed by atoms with E-state index in [4.69, 9.17) is 23.2 Å². The van der Waals surface area contributed by atoms with Gasteiger partial charge in [-0.2, -0.15) is 0 Å². The first kappa shape index (κ1) is 10.9.